The van der Waals surface area contributed by atoms with Gasteiger partial charge >= 0.3 is 5.97 Å². The van der Waals surface area contributed by atoms with Crippen molar-refractivity contribution in [2.24, 2.45) is 5.92 Å². The molecule has 1 fully saturated rings. The van der Waals surface area contributed by atoms with Crippen molar-refractivity contribution in [1.82, 2.24) is 4.90 Å². The van der Waals surface area contributed by atoms with E-state index in [1.165, 1.54) is 19.3 Å². The predicted octanol–water partition coefficient (Wildman–Crippen LogP) is 2.64. The number of hydrogen-bond donors (Lipinski definition) is 0. The lowest BCUT2D eigenvalue weighted by Gasteiger charge is -2.17. The Kier molecular flexibility index (Phi) is 4.61. The zero-order valence-corrected chi connectivity index (χ0v) is 11.9. The van der Waals surface area contributed by atoms with E-state index in [2.05, 4.69) is 6.92 Å². The first kappa shape index (κ1) is 14.1. The highest BCUT2D eigenvalue weighted by atomic mass is 16.5. The number of hydrogen-bond acceptors (Lipinski definition) is 3. The molecule has 2 heterocycles. The largest absolute Gasteiger partial charge is 0.456 e. The number of likely N-dealkylation sites (tertiary alicyclic amines) is 1. The molecule has 0 unspecified atom stereocenters. The van der Waals surface area contributed by atoms with Crippen LogP contribution in [0.15, 0.2) is 11.3 Å². The fourth-order valence-electron chi connectivity index (χ4n) is 2.84. The van der Waals surface area contributed by atoms with Crippen molar-refractivity contribution < 1.29 is 14.3 Å². The Morgan fingerprint density at radius 2 is 2.05 bits per heavy atom. The van der Waals surface area contributed by atoms with Crippen LogP contribution in [0.2, 0.25) is 0 Å². The van der Waals surface area contributed by atoms with Crippen molar-refractivity contribution in [3.63, 3.8) is 0 Å². The lowest BCUT2D eigenvalue weighted by atomic mass is 9.99. The molecule has 2 aliphatic rings. The number of nitrogens with zero attached hydrogens (tertiary/aromatic N) is 1. The number of esters is 1. The molecule has 2 aliphatic heterocycles. The van der Waals surface area contributed by atoms with E-state index in [4.69, 9.17) is 4.74 Å². The van der Waals surface area contributed by atoms with Gasteiger partial charge in [-0.25, -0.2) is 4.79 Å². The lowest BCUT2D eigenvalue weighted by Crippen LogP contribution is -2.28. The quantitative estimate of drug-likeness (QED) is 0.548. The second-order valence-electron chi connectivity index (χ2n) is 5.47. The summed E-state index contributed by atoms with van der Waals surface area (Å²) in [6, 6.07) is 0. The Hall–Kier alpha value is -1.32. The molecule has 2 rings (SSSR count). The number of unbranched alkanes of at least 4 members (excludes halogenated alkanes) is 3. The summed E-state index contributed by atoms with van der Waals surface area (Å²) in [6.45, 7) is 4.93. The van der Waals surface area contributed by atoms with E-state index in [0.717, 1.165) is 31.5 Å². The molecule has 0 aromatic heterocycles. The fraction of sp³-hybridized carbons (Fsp3) is 0.733. The topological polar surface area (TPSA) is 46.6 Å². The van der Waals surface area contributed by atoms with E-state index in [0.29, 0.717) is 5.57 Å². The molecule has 4 heteroatoms. The average Bonchev–Trinajstić information content (AvgIpc) is 2.91. The van der Waals surface area contributed by atoms with E-state index in [1.54, 1.807) is 11.8 Å². The monoisotopic (exact) mass is 265 g/mol. The third-order valence-electron chi connectivity index (χ3n) is 4.13. The molecular weight excluding hydrogens is 242 g/mol. The molecule has 106 valence electrons. The summed E-state index contributed by atoms with van der Waals surface area (Å²) in [6.07, 6.45) is 6.70. The fourth-order valence-corrected chi connectivity index (χ4v) is 2.84. The number of amides is 1. The lowest BCUT2D eigenvalue weighted by molar-refractivity contribution is -0.136. The second kappa shape index (κ2) is 6.22. The van der Waals surface area contributed by atoms with Crippen molar-refractivity contribution in [1.29, 1.82) is 0 Å². The second-order valence-corrected chi connectivity index (χ2v) is 5.47. The Labute approximate surface area is 114 Å². The van der Waals surface area contributed by atoms with Gasteiger partial charge in [-0.3, -0.25) is 4.79 Å². The Morgan fingerprint density at radius 1 is 1.26 bits per heavy atom. The van der Waals surface area contributed by atoms with E-state index >= 15 is 0 Å². The van der Waals surface area contributed by atoms with Gasteiger partial charge in [0.2, 0.25) is 5.91 Å². The molecule has 0 spiro atoms. The van der Waals surface area contributed by atoms with Gasteiger partial charge in [0.1, 0.15) is 6.61 Å². The maximum atomic E-state index is 12.3. The summed E-state index contributed by atoms with van der Waals surface area (Å²) in [4.78, 5) is 25.5. The van der Waals surface area contributed by atoms with E-state index in [9.17, 15) is 9.59 Å². The minimum absolute atomic E-state index is 0.146. The Balaban J connectivity index is 1.89. The number of cyclic esters (lactones) is 1. The summed E-state index contributed by atoms with van der Waals surface area (Å²) >= 11 is 0. The molecule has 1 amide bonds. The smallest absolute Gasteiger partial charge is 0.336 e. The van der Waals surface area contributed by atoms with Crippen LogP contribution >= 0.6 is 0 Å². The molecule has 0 aromatic rings. The molecule has 4 nitrogen and oxygen atoms in total. The number of ether oxygens (including phenoxy) is 1. The van der Waals surface area contributed by atoms with E-state index in [-0.39, 0.29) is 24.4 Å². The van der Waals surface area contributed by atoms with Crippen LogP contribution in [-0.4, -0.2) is 29.9 Å². The van der Waals surface area contributed by atoms with Gasteiger partial charge < -0.3 is 9.64 Å². The van der Waals surface area contributed by atoms with Crippen LogP contribution in [0.25, 0.3) is 0 Å². The van der Waals surface area contributed by atoms with E-state index in [1.807, 2.05) is 0 Å². The molecule has 0 aromatic carbocycles. The van der Waals surface area contributed by atoms with Crippen LogP contribution in [0.5, 0.6) is 0 Å². The molecule has 0 bridgehead atoms. The van der Waals surface area contributed by atoms with Crippen LogP contribution in [0.4, 0.5) is 0 Å². The maximum absolute atomic E-state index is 12.3. The summed E-state index contributed by atoms with van der Waals surface area (Å²) in [5, 5.41) is 0. The first-order valence-electron chi connectivity index (χ1n) is 7.33. The number of carbonyl (C=O) groups is 2. The van der Waals surface area contributed by atoms with Gasteiger partial charge in [-0.05, 0) is 19.8 Å². The van der Waals surface area contributed by atoms with Gasteiger partial charge in [0.05, 0.1) is 11.3 Å². The zero-order valence-electron chi connectivity index (χ0n) is 11.9. The standard InChI is InChI=1S/C15H23NO3/c1-3-4-5-6-7-12-8-9-16(14(12)17)13-10-19-15(18)11(13)2/h12H,3-10H2,1-2H3/t12-/m1/s1. The third kappa shape index (κ3) is 2.99. The van der Waals surface area contributed by atoms with Gasteiger partial charge in [0.25, 0.3) is 0 Å². The molecule has 1 atom stereocenters. The normalized spacial score (nSPS) is 23.5. The highest BCUT2D eigenvalue weighted by molar-refractivity contribution is 5.93. The highest BCUT2D eigenvalue weighted by Crippen LogP contribution is 2.30. The maximum Gasteiger partial charge on any atom is 0.336 e. The van der Waals surface area contributed by atoms with Crippen LogP contribution < -0.4 is 0 Å². The summed E-state index contributed by atoms with van der Waals surface area (Å²) in [5.74, 6) is 0.0474. The van der Waals surface area contributed by atoms with Crippen molar-refractivity contribution in [3.05, 3.63) is 11.3 Å². The van der Waals surface area contributed by atoms with Crippen molar-refractivity contribution in [3.8, 4) is 0 Å². The van der Waals surface area contributed by atoms with Gasteiger partial charge in [0.15, 0.2) is 0 Å². The summed E-state index contributed by atoms with van der Waals surface area (Å²) < 4.78 is 4.98. The van der Waals surface area contributed by atoms with Gasteiger partial charge in [-0.15, -0.1) is 0 Å². The zero-order chi connectivity index (χ0) is 13.8. The van der Waals surface area contributed by atoms with Crippen LogP contribution in [0.3, 0.4) is 0 Å². The summed E-state index contributed by atoms with van der Waals surface area (Å²) in [5.41, 5.74) is 1.38. The number of rotatable bonds is 6. The van der Waals surface area contributed by atoms with Crippen molar-refractivity contribution in [2.75, 3.05) is 13.2 Å². The minimum Gasteiger partial charge on any atom is -0.456 e. The van der Waals surface area contributed by atoms with Gasteiger partial charge in [-0.2, -0.15) is 0 Å². The highest BCUT2D eigenvalue weighted by Gasteiger charge is 2.36. The van der Waals surface area contributed by atoms with Gasteiger partial charge in [-0.1, -0.05) is 32.6 Å². The molecule has 0 aliphatic carbocycles. The summed E-state index contributed by atoms with van der Waals surface area (Å²) in [7, 11) is 0. The van der Waals surface area contributed by atoms with Crippen LogP contribution in [0, 0.1) is 5.92 Å². The van der Waals surface area contributed by atoms with Gasteiger partial charge in [0, 0.05) is 12.5 Å². The SMILES string of the molecule is CCCCCC[C@@H]1CCN(C2=C(C)C(=O)OC2)C1=O. The third-order valence-corrected chi connectivity index (χ3v) is 4.13. The minimum atomic E-state index is -0.283. The average molecular weight is 265 g/mol. The molecule has 19 heavy (non-hydrogen) atoms. The van der Waals surface area contributed by atoms with Crippen molar-refractivity contribution >= 4 is 11.9 Å². The molecule has 0 N–H and O–H groups in total. The molecule has 0 radical (unpaired) electrons. The molecule has 0 saturated carbocycles. The first-order chi connectivity index (χ1) is 9.15. The van der Waals surface area contributed by atoms with Crippen molar-refractivity contribution in [2.45, 2.75) is 52.4 Å². The van der Waals surface area contributed by atoms with E-state index < -0.39 is 0 Å². The Bertz CT molecular complexity index is 400. The first-order valence-corrected chi connectivity index (χ1v) is 7.33. The molecule has 1 saturated heterocycles. The predicted molar refractivity (Wildman–Crippen MR) is 72.2 cm³/mol. The van der Waals surface area contributed by atoms with Crippen LogP contribution in [-0.2, 0) is 14.3 Å². The number of carbonyl (C=O) groups excluding carboxylic acids is 2. The molecular formula is C15H23NO3. The van der Waals surface area contributed by atoms with Crippen LogP contribution in [0.1, 0.15) is 52.4 Å². The Morgan fingerprint density at radius 3 is 2.68 bits per heavy atom.